The van der Waals surface area contributed by atoms with E-state index in [2.05, 4.69) is 5.32 Å². The van der Waals surface area contributed by atoms with Crippen molar-refractivity contribution in [1.29, 1.82) is 0 Å². The Kier molecular flexibility index (Phi) is 5.72. The van der Waals surface area contributed by atoms with Crippen LogP contribution in [-0.4, -0.2) is 52.9 Å². The van der Waals surface area contributed by atoms with Gasteiger partial charge in [-0.15, -0.1) is 11.3 Å². The summed E-state index contributed by atoms with van der Waals surface area (Å²) in [5, 5.41) is 4.74. The second-order valence-electron chi connectivity index (χ2n) is 7.37. The predicted molar refractivity (Wildman–Crippen MR) is 112 cm³/mol. The Morgan fingerprint density at radius 3 is 2.80 bits per heavy atom. The van der Waals surface area contributed by atoms with Crippen LogP contribution in [0.25, 0.3) is 0 Å². The molecule has 1 aromatic carbocycles. The Balaban J connectivity index is 1.70. The van der Waals surface area contributed by atoms with E-state index in [0.717, 1.165) is 22.3 Å². The number of urea groups is 2. The van der Waals surface area contributed by atoms with E-state index >= 15 is 0 Å². The largest absolute Gasteiger partial charge is 0.338 e. The monoisotopic (exact) mass is 430 g/mol. The van der Waals surface area contributed by atoms with Gasteiger partial charge in [-0.05, 0) is 42.5 Å². The molecule has 3 heterocycles. The van der Waals surface area contributed by atoms with Gasteiger partial charge >= 0.3 is 12.1 Å². The highest BCUT2D eigenvalue weighted by Gasteiger charge is 2.53. The number of rotatable bonds is 5. The summed E-state index contributed by atoms with van der Waals surface area (Å²) in [6.45, 7) is 3.17. The van der Waals surface area contributed by atoms with Crippen LogP contribution in [-0.2, 0) is 11.3 Å². The lowest BCUT2D eigenvalue weighted by Gasteiger charge is -2.43. The van der Waals surface area contributed by atoms with Crippen molar-refractivity contribution in [3.8, 4) is 0 Å². The number of nitrogens with one attached hydrogen (secondary N) is 1. The van der Waals surface area contributed by atoms with Gasteiger partial charge in [0.1, 0.15) is 11.9 Å². The molecule has 0 unspecified atom stereocenters. The van der Waals surface area contributed by atoms with Gasteiger partial charge in [0.05, 0.1) is 18.3 Å². The van der Waals surface area contributed by atoms with E-state index in [1.165, 1.54) is 34.4 Å². The lowest BCUT2D eigenvalue weighted by molar-refractivity contribution is -0.124. The van der Waals surface area contributed by atoms with E-state index in [0.29, 0.717) is 26.1 Å². The topological polar surface area (TPSA) is 73.0 Å². The summed E-state index contributed by atoms with van der Waals surface area (Å²) in [6, 6.07) is 7.22. The molecule has 0 saturated carbocycles. The maximum atomic E-state index is 13.9. The first-order chi connectivity index (χ1) is 14.5. The average Bonchev–Trinajstić information content (AvgIpc) is 3.39. The molecule has 1 N–H and O–H groups in total. The minimum absolute atomic E-state index is 0.167. The molecule has 2 atom stereocenters. The summed E-state index contributed by atoms with van der Waals surface area (Å²) in [6.07, 6.45) is 1.30. The third-order valence-electron chi connectivity index (χ3n) is 5.44. The van der Waals surface area contributed by atoms with Crippen LogP contribution in [0.2, 0.25) is 0 Å². The number of benzene rings is 1. The molecule has 0 spiro atoms. The fraction of sp³-hybridized carbons (Fsp3) is 0.381. The molecule has 7 nitrogen and oxygen atoms in total. The zero-order valence-corrected chi connectivity index (χ0v) is 17.4. The van der Waals surface area contributed by atoms with Gasteiger partial charge in [-0.1, -0.05) is 19.1 Å². The third kappa shape index (κ3) is 3.65. The van der Waals surface area contributed by atoms with Crippen LogP contribution in [0.1, 0.15) is 24.6 Å². The number of nitrogens with zero attached hydrogens (tertiary/aromatic N) is 3. The number of hydrogen-bond donors (Lipinski definition) is 1. The number of anilines is 1. The molecule has 5 amide bonds. The number of amides is 5. The van der Waals surface area contributed by atoms with Crippen LogP contribution in [0.5, 0.6) is 0 Å². The molecule has 2 saturated heterocycles. The molecule has 0 aliphatic carbocycles. The maximum Gasteiger partial charge on any atom is 0.332 e. The van der Waals surface area contributed by atoms with Crippen LogP contribution >= 0.6 is 11.3 Å². The number of carbonyl (C=O) groups is 3. The Morgan fingerprint density at radius 1 is 1.27 bits per heavy atom. The van der Waals surface area contributed by atoms with Gasteiger partial charge in [-0.3, -0.25) is 4.79 Å². The van der Waals surface area contributed by atoms with E-state index in [-0.39, 0.29) is 11.7 Å². The number of carbonyl (C=O) groups excluding carboxylic acids is 3. The smallest absolute Gasteiger partial charge is 0.332 e. The molecule has 9 heteroatoms. The van der Waals surface area contributed by atoms with Crippen LogP contribution in [0, 0.1) is 5.82 Å². The summed E-state index contributed by atoms with van der Waals surface area (Å²) in [7, 11) is 0. The predicted octanol–water partition coefficient (Wildman–Crippen LogP) is 3.42. The third-order valence-corrected chi connectivity index (χ3v) is 6.30. The van der Waals surface area contributed by atoms with E-state index in [1.807, 2.05) is 24.4 Å². The number of thiophene rings is 1. The molecular weight excluding hydrogens is 407 g/mol. The molecule has 4 rings (SSSR count). The van der Waals surface area contributed by atoms with Gasteiger partial charge in [0.25, 0.3) is 5.91 Å². The summed E-state index contributed by atoms with van der Waals surface area (Å²) in [5.41, 5.74) is 0.167. The SMILES string of the molecule is CCCNC(=O)N1CC[C@H]2[C@H]1C(=O)N(c1cccc(F)c1)C(=O)N2Cc1cccs1. The number of hydrogen-bond acceptors (Lipinski definition) is 4. The summed E-state index contributed by atoms with van der Waals surface area (Å²) >= 11 is 1.52. The Morgan fingerprint density at radius 2 is 2.10 bits per heavy atom. The van der Waals surface area contributed by atoms with E-state index in [1.54, 1.807) is 4.90 Å². The highest BCUT2D eigenvalue weighted by Crippen LogP contribution is 2.34. The molecular formula is C21H23FN4O3S. The molecule has 0 radical (unpaired) electrons. The maximum absolute atomic E-state index is 13.9. The minimum atomic E-state index is -0.803. The molecule has 2 aromatic rings. The van der Waals surface area contributed by atoms with Crippen LogP contribution in [0.15, 0.2) is 41.8 Å². The normalized spacial score (nSPS) is 21.2. The van der Waals surface area contributed by atoms with Gasteiger partial charge in [0.15, 0.2) is 0 Å². The van der Waals surface area contributed by atoms with Gasteiger partial charge in [0, 0.05) is 18.0 Å². The van der Waals surface area contributed by atoms with Gasteiger partial charge in [-0.2, -0.15) is 0 Å². The van der Waals surface area contributed by atoms with Crippen LogP contribution in [0.4, 0.5) is 19.7 Å². The zero-order valence-electron chi connectivity index (χ0n) is 16.6. The van der Waals surface area contributed by atoms with E-state index in [9.17, 15) is 18.8 Å². The lowest BCUT2D eigenvalue weighted by atomic mass is 10.0. The number of fused-ring (bicyclic) bond motifs is 1. The first kappa shape index (κ1) is 20.3. The van der Waals surface area contributed by atoms with Gasteiger partial charge < -0.3 is 15.1 Å². The lowest BCUT2D eigenvalue weighted by Crippen LogP contribution is -2.66. The fourth-order valence-corrected chi connectivity index (χ4v) is 4.77. The van der Waals surface area contributed by atoms with E-state index < -0.39 is 29.8 Å². The van der Waals surface area contributed by atoms with Crippen LogP contribution in [0.3, 0.4) is 0 Å². The standard InChI is InChI=1S/C21H23FN4O3S/c1-2-9-23-20(28)24-10-8-17-18(24)19(27)26(15-6-3-5-14(22)12-15)21(29)25(17)13-16-7-4-11-30-16/h3-7,11-12,17-18H,2,8-10,13H2,1H3,(H,23,28)/t17-,18-/m0/s1. The van der Waals surface area contributed by atoms with Crippen molar-refractivity contribution in [3.63, 3.8) is 0 Å². The highest BCUT2D eigenvalue weighted by atomic mass is 32.1. The quantitative estimate of drug-likeness (QED) is 0.790. The number of imide groups is 1. The first-order valence-electron chi connectivity index (χ1n) is 9.98. The van der Waals surface area contributed by atoms with Crippen molar-refractivity contribution in [3.05, 3.63) is 52.5 Å². The van der Waals surface area contributed by atoms with Gasteiger partial charge in [0.2, 0.25) is 0 Å². The first-order valence-corrected chi connectivity index (χ1v) is 10.9. The molecule has 0 bridgehead atoms. The fourth-order valence-electron chi connectivity index (χ4n) is 4.07. The molecule has 158 valence electrons. The Labute approximate surface area is 178 Å². The summed E-state index contributed by atoms with van der Waals surface area (Å²) < 4.78 is 13.9. The van der Waals surface area contributed by atoms with Crippen LogP contribution < -0.4 is 10.2 Å². The van der Waals surface area contributed by atoms with Crippen molar-refractivity contribution in [1.82, 2.24) is 15.1 Å². The van der Waals surface area contributed by atoms with Gasteiger partial charge in [-0.25, -0.2) is 18.9 Å². The van der Waals surface area contributed by atoms with Crippen molar-refractivity contribution in [2.75, 3.05) is 18.0 Å². The second-order valence-corrected chi connectivity index (χ2v) is 8.40. The molecule has 2 fully saturated rings. The summed E-state index contributed by atoms with van der Waals surface area (Å²) in [4.78, 5) is 44.6. The van der Waals surface area contributed by atoms with E-state index in [4.69, 9.17) is 0 Å². The van der Waals surface area contributed by atoms with Crippen molar-refractivity contribution in [2.24, 2.45) is 0 Å². The van der Waals surface area contributed by atoms with Crippen molar-refractivity contribution >= 4 is 35.0 Å². The summed E-state index contributed by atoms with van der Waals surface area (Å²) in [5.74, 6) is -1.04. The Bertz CT molecular complexity index is 951. The van der Waals surface area contributed by atoms with Crippen molar-refractivity contribution < 1.29 is 18.8 Å². The number of likely N-dealkylation sites (tertiary alicyclic amines) is 1. The highest BCUT2D eigenvalue weighted by molar-refractivity contribution is 7.09. The van der Waals surface area contributed by atoms with Crippen molar-refractivity contribution in [2.45, 2.75) is 38.4 Å². The molecule has 1 aromatic heterocycles. The minimum Gasteiger partial charge on any atom is -0.338 e. The molecule has 30 heavy (non-hydrogen) atoms. The number of halogens is 1. The molecule has 2 aliphatic rings. The zero-order chi connectivity index (χ0) is 21.3. The second kappa shape index (κ2) is 8.43. The Hall–Kier alpha value is -2.94. The average molecular weight is 431 g/mol. The molecule has 2 aliphatic heterocycles.